The zero-order chi connectivity index (χ0) is 15.2. The Bertz CT molecular complexity index is 664. The first-order valence-corrected chi connectivity index (χ1v) is 7.37. The molecule has 8 heteroatoms. The maximum absolute atomic E-state index is 11.7. The Morgan fingerprint density at radius 3 is 2.38 bits per heavy atom. The molecule has 0 spiro atoms. The van der Waals surface area contributed by atoms with E-state index in [0.717, 1.165) is 4.47 Å². The molecule has 1 aromatic heterocycles. The van der Waals surface area contributed by atoms with Gasteiger partial charge in [0.05, 0.1) is 5.69 Å². The van der Waals surface area contributed by atoms with E-state index in [1.807, 2.05) is 0 Å². The lowest BCUT2D eigenvalue weighted by Gasteiger charge is -2.10. The van der Waals surface area contributed by atoms with Crippen LogP contribution in [0.25, 0.3) is 0 Å². The molecular weight excluding hydrogens is 404 g/mol. The summed E-state index contributed by atoms with van der Waals surface area (Å²) >= 11 is 6.64. The SMILES string of the molecule is O=C(NNC(=O)c1ccncc1)Nc1ccc(Br)cc1Br. The van der Waals surface area contributed by atoms with Gasteiger partial charge in [0, 0.05) is 26.9 Å². The van der Waals surface area contributed by atoms with Crippen LogP contribution in [-0.2, 0) is 0 Å². The molecule has 0 aliphatic carbocycles. The first-order chi connectivity index (χ1) is 10.1. The van der Waals surface area contributed by atoms with Gasteiger partial charge in [-0.25, -0.2) is 10.2 Å². The average Bonchev–Trinajstić information content (AvgIpc) is 2.48. The highest BCUT2D eigenvalue weighted by atomic mass is 79.9. The normalized spacial score (nSPS) is 9.81. The highest BCUT2D eigenvalue weighted by Crippen LogP contribution is 2.25. The van der Waals surface area contributed by atoms with Gasteiger partial charge in [0.1, 0.15) is 0 Å². The summed E-state index contributed by atoms with van der Waals surface area (Å²) in [5, 5.41) is 2.60. The molecule has 0 saturated carbocycles. The van der Waals surface area contributed by atoms with Crippen molar-refractivity contribution in [1.82, 2.24) is 15.8 Å². The smallest absolute Gasteiger partial charge is 0.305 e. The van der Waals surface area contributed by atoms with Crippen molar-refractivity contribution in [2.75, 3.05) is 5.32 Å². The molecular formula is C13H10Br2N4O2. The Balaban J connectivity index is 1.89. The predicted octanol–water partition coefficient (Wildman–Crippen LogP) is 3.07. The minimum atomic E-state index is -0.555. The summed E-state index contributed by atoms with van der Waals surface area (Å²) in [6, 6.07) is 7.83. The van der Waals surface area contributed by atoms with Gasteiger partial charge in [-0.1, -0.05) is 15.9 Å². The van der Waals surface area contributed by atoms with E-state index >= 15 is 0 Å². The van der Waals surface area contributed by atoms with Crippen molar-refractivity contribution in [3.63, 3.8) is 0 Å². The summed E-state index contributed by atoms with van der Waals surface area (Å²) in [4.78, 5) is 27.2. The lowest BCUT2D eigenvalue weighted by Crippen LogP contribution is -2.43. The van der Waals surface area contributed by atoms with Crippen LogP contribution < -0.4 is 16.2 Å². The summed E-state index contributed by atoms with van der Waals surface area (Å²) in [6.45, 7) is 0. The van der Waals surface area contributed by atoms with E-state index in [9.17, 15) is 9.59 Å². The zero-order valence-corrected chi connectivity index (χ0v) is 13.7. The number of anilines is 1. The highest BCUT2D eigenvalue weighted by molar-refractivity contribution is 9.11. The number of carbonyl (C=O) groups excluding carboxylic acids is 2. The third kappa shape index (κ3) is 4.54. The molecule has 0 fully saturated rings. The van der Waals surface area contributed by atoms with Gasteiger partial charge in [-0.05, 0) is 46.3 Å². The minimum Gasteiger partial charge on any atom is -0.305 e. The zero-order valence-electron chi connectivity index (χ0n) is 10.6. The van der Waals surface area contributed by atoms with E-state index in [2.05, 4.69) is 53.0 Å². The second kappa shape index (κ2) is 7.19. The Hall–Kier alpha value is -1.93. The van der Waals surface area contributed by atoms with Crippen LogP contribution in [-0.4, -0.2) is 16.9 Å². The van der Waals surface area contributed by atoms with Gasteiger partial charge in [-0.15, -0.1) is 0 Å². The highest BCUT2D eigenvalue weighted by Gasteiger charge is 2.08. The molecule has 1 aromatic carbocycles. The summed E-state index contributed by atoms with van der Waals surface area (Å²) < 4.78 is 1.60. The van der Waals surface area contributed by atoms with E-state index in [1.54, 1.807) is 30.3 Å². The number of urea groups is 1. The Kier molecular flexibility index (Phi) is 5.29. The molecule has 21 heavy (non-hydrogen) atoms. The van der Waals surface area contributed by atoms with Crippen molar-refractivity contribution in [2.45, 2.75) is 0 Å². The van der Waals surface area contributed by atoms with E-state index in [4.69, 9.17) is 0 Å². The van der Waals surface area contributed by atoms with Gasteiger partial charge >= 0.3 is 6.03 Å². The summed E-state index contributed by atoms with van der Waals surface area (Å²) in [7, 11) is 0. The Morgan fingerprint density at radius 2 is 1.71 bits per heavy atom. The molecule has 0 saturated heterocycles. The number of rotatable bonds is 2. The number of hydrazine groups is 1. The third-order valence-corrected chi connectivity index (χ3v) is 3.56. The van der Waals surface area contributed by atoms with Gasteiger partial charge in [-0.3, -0.25) is 15.2 Å². The molecule has 1 heterocycles. The number of nitrogens with zero attached hydrogens (tertiary/aromatic N) is 1. The number of hydrogen-bond donors (Lipinski definition) is 3. The standard InChI is InChI=1S/C13H10Br2N4O2/c14-9-1-2-11(10(15)7-9)17-13(21)19-18-12(20)8-3-5-16-6-4-8/h1-7H,(H,18,20)(H2,17,19,21). The monoisotopic (exact) mass is 412 g/mol. The molecule has 108 valence electrons. The molecule has 6 nitrogen and oxygen atoms in total. The number of hydrogen-bond acceptors (Lipinski definition) is 3. The van der Waals surface area contributed by atoms with Crippen LogP contribution in [0.15, 0.2) is 51.7 Å². The van der Waals surface area contributed by atoms with Crippen molar-refractivity contribution in [3.8, 4) is 0 Å². The second-order valence-electron chi connectivity index (χ2n) is 3.89. The molecule has 2 aromatic rings. The number of halogens is 2. The minimum absolute atomic E-state index is 0.398. The van der Waals surface area contributed by atoms with Crippen LogP contribution in [0.4, 0.5) is 10.5 Å². The largest absolute Gasteiger partial charge is 0.337 e. The van der Waals surface area contributed by atoms with E-state index in [-0.39, 0.29) is 0 Å². The maximum Gasteiger partial charge on any atom is 0.337 e. The quantitative estimate of drug-likeness (QED) is 0.661. The van der Waals surface area contributed by atoms with Crippen LogP contribution in [0, 0.1) is 0 Å². The average molecular weight is 414 g/mol. The lowest BCUT2D eigenvalue weighted by molar-refractivity contribution is 0.0938. The van der Waals surface area contributed by atoms with Crippen molar-refractivity contribution in [1.29, 1.82) is 0 Å². The molecule has 0 bridgehead atoms. The third-order valence-electron chi connectivity index (χ3n) is 2.41. The van der Waals surface area contributed by atoms with E-state index in [1.165, 1.54) is 12.4 Å². The first kappa shape index (κ1) is 15.5. The molecule has 0 aliphatic rings. The number of carbonyl (C=O) groups is 2. The number of nitrogens with one attached hydrogen (secondary N) is 3. The number of amides is 3. The lowest BCUT2D eigenvalue weighted by atomic mass is 10.3. The molecule has 0 radical (unpaired) electrons. The number of aromatic nitrogens is 1. The van der Waals surface area contributed by atoms with Gasteiger partial charge in [0.25, 0.3) is 5.91 Å². The molecule has 3 N–H and O–H groups in total. The number of benzene rings is 1. The fourth-order valence-electron chi connectivity index (χ4n) is 1.43. The predicted molar refractivity (Wildman–Crippen MR) is 85.7 cm³/mol. The molecule has 0 atom stereocenters. The Labute approximate surface area is 137 Å². The van der Waals surface area contributed by atoms with E-state index in [0.29, 0.717) is 15.7 Å². The van der Waals surface area contributed by atoms with Crippen LogP contribution in [0.2, 0.25) is 0 Å². The Morgan fingerprint density at radius 1 is 1.00 bits per heavy atom. The second-order valence-corrected chi connectivity index (χ2v) is 5.66. The summed E-state index contributed by atoms with van der Waals surface area (Å²) in [5.41, 5.74) is 5.54. The van der Waals surface area contributed by atoms with Crippen molar-refractivity contribution in [3.05, 3.63) is 57.2 Å². The van der Waals surface area contributed by atoms with Crippen LogP contribution in [0.1, 0.15) is 10.4 Å². The van der Waals surface area contributed by atoms with Crippen LogP contribution >= 0.6 is 31.9 Å². The first-order valence-electron chi connectivity index (χ1n) is 5.78. The van der Waals surface area contributed by atoms with Crippen LogP contribution in [0.5, 0.6) is 0 Å². The van der Waals surface area contributed by atoms with Crippen molar-refractivity contribution >= 4 is 49.5 Å². The fraction of sp³-hybridized carbons (Fsp3) is 0. The maximum atomic E-state index is 11.7. The van der Waals surface area contributed by atoms with Gasteiger partial charge < -0.3 is 5.32 Å². The van der Waals surface area contributed by atoms with Crippen molar-refractivity contribution in [2.24, 2.45) is 0 Å². The molecule has 2 rings (SSSR count). The van der Waals surface area contributed by atoms with Crippen LogP contribution in [0.3, 0.4) is 0 Å². The topological polar surface area (TPSA) is 83.1 Å². The molecule has 3 amide bonds. The van der Waals surface area contributed by atoms with Crippen molar-refractivity contribution < 1.29 is 9.59 Å². The van der Waals surface area contributed by atoms with Gasteiger partial charge in [0.2, 0.25) is 0 Å². The summed E-state index contributed by atoms with van der Waals surface area (Å²) in [6.07, 6.45) is 2.99. The fourth-order valence-corrected chi connectivity index (χ4v) is 2.58. The summed E-state index contributed by atoms with van der Waals surface area (Å²) in [5.74, 6) is -0.428. The van der Waals surface area contributed by atoms with E-state index < -0.39 is 11.9 Å². The van der Waals surface area contributed by atoms with Gasteiger partial charge in [-0.2, -0.15) is 0 Å². The molecule has 0 aliphatic heterocycles. The molecule has 0 unspecified atom stereocenters. The number of pyridine rings is 1. The van der Waals surface area contributed by atoms with Gasteiger partial charge in [0.15, 0.2) is 0 Å².